The van der Waals surface area contributed by atoms with Crippen molar-refractivity contribution in [2.24, 2.45) is 5.73 Å². The molecule has 0 radical (unpaired) electrons. The van der Waals surface area contributed by atoms with Gasteiger partial charge < -0.3 is 10.5 Å². The van der Waals surface area contributed by atoms with E-state index in [9.17, 15) is 0 Å². The van der Waals surface area contributed by atoms with Gasteiger partial charge in [-0.2, -0.15) is 0 Å². The van der Waals surface area contributed by atoms with E-state index in [1.165, 1.54) is 5.56 Å². The summed E-state index contributed by atoms with van der Waals surface area (Å²) in [4.78, 5) is 0. The van der Waals surface area contributed by atoms with Crippen LogP contribution in [0.4, 0.5) is 0 Å². The van der Waals surface area contributed by atoms with Gasteiger partial charge in [0.15, 0.2) is 0 Å². The highest BCUT2D eigenvalue weighted by atomic mass is 16.5. The van der Waals surface area contributed by atoms with Gasteiger partial charge in [0.05, 0.1) is 0 Å². The molecule has 0 bridgehead atoms. The van der Waals surface area contributed by atoms with Gasteiger partial charge in [-0.3, -0.25) is 0 Å². The highest BCUT2D eigenvalue weighted by Crippen LogP contribution is 2.12. The van der Waals surface area contributed by atoms with Gasteiger partial charge in [-0.05, 0) is 37.1 Å². The van der Waals surface area contributed by atoms with Crippen molar-refractivity contribution in [3.05, 3.63) is 41.5 Å². The average Bonchev–Trinajstić information content (AvgIpc) is 2.15. The Bertz CT molecular complexity index is 318. The Hall–Kier alpha value is -1.28. The first kappa shape index (κ1) is 10.8. The van der Waals surface area contributed by atoms with E-state index in [0.717, 1.165) is 11.3 Å². The molecule has 0 saturated heterocycles. The normalized spacial score (nSPS) is 11.5. The zero-order chi connectivity index (χ0) is 10.4. The van der Waals surface area contributed by atoms with Gasteiger partial charge in [-0.15, -0.1) is 0 Å². The lowest BCUT2D eigenvalue weighted by atomic mass is 10.2. The maximum Gasteiger partial charge on any atom is 0.120 e. The second-order valence-electron chi connectivity index (χ2n) is 3.39. The summed E-state index contributed by atoms with van der Waals surface area (Å²) in [6.45, 7) is 5.25. The Morgan fingerprint density at radius 1 is 1.50 bits per heavy atom. The molecule has 0 amide bonds. The van der Waals surface area contributed by atoms with Crippen molar-refractivity contribution in [1.29, 1.82) is 0 Å². The molecule has 14 heavy (non-hydrogen) atoms. The molecule has 2 N–H and O–H groups in total. The molecule has 0 spiro atoms. The van der Waals surface area contributed by atoms with Crippen molar-refractivity contribution in [2.75, 3.05) is 13.2 Å². The van der Waals surface area contributed by atoms with Crippen molar-refractivity contribution in [3.63, 3.8) is 0 Å². The lowest BCUT2D eigenvalue weighted by Gasteiger charge is -2.06. The minimum Gasteiger partial charge on any atom is -0.489 e. The van der Waals surface area contributed by atoms with Crippen LogP contribution in [-0.2, 0) is 0 Å². The van der Waals surface area contributed by atoms with Gasteiger partial charge >= 0.3 is 0 Å². The first-order valence-electron chi connectivity index (χ1n) is 4.77. The predicted octanol–water partition coefficient (Wildman–Crippen LogP) is 2.28. The fourth-order valence-electron chi connectivity index (χ4n) is 1.16. The van der Waals surface area contributed by atoms with Crippen molar-refractivity contribution in [3.8, 4) is 5.75 Å². The Balaban J connectivity index is 2.49. The fraction of sp³-hybridized carbons (Fsp3) is 0.333. The molecule has 1 rings (SSSR count). The summed E-state index contributed by atoms with van der Waals surface area (Å²) in [6.07, 6.45) is 1.97. The van der Waals surface area contributed by atoms with Crippen LogP contribution in [0.5, 0.6) is 5.75 Å². The van der Waals surface area contributed by atoms with Gasteiger partial charge in [0.2, 0.25) is 0 Å². The second-order valence-corrected chi connectivity index (χ2v) is 3.39. The minimum absolute atomic E-state index is 0.572. The van der Waals surface area contributed by atoms with Gasteiger partial charge in [0.1, 0.15) is 12.4 Å². The van der Waals surface area contributed by atoms with Crippen molar-refractivity contribution < 1.29 is 4.74 Å². The molecule has 0 fully saturated rings. The molecule has 76 valence electrons. The van der Waals surface area contributed by atoms with Gasteiger partial charge in [-0.1, -0.05) is 18.2 Å². The predicted molar refractivity (Wildman–Crippen MR) is 59.5 cm³/mol. The van der Waals surface area contributed by atoms with E-state index >= 15 is 0 Å². The van der Waals surface area contributed by atoms with Crippen LogP contribution in [0.1, 0.15) is 12.5 Å². The molecule has 0 aliphatic rings. The number of rotatable bonds is 4. The number of hydrogen-bond donors (Lipinski definition) is 1. The maximum atomic E-state index is 5.58. The Morgan fingerprint density at radius 2 is 2.29 bits per heavy atom. The molecule has 0 saturated carbocycles. The van der Waals surface area contributed by atoms with E-state index in [1.54, 1.807) is 0 Å². The molecule has 0 heterocycles. The maximum absolute atomic E-state index is 5.58. The van der Waals surface area contributed by atoms with Crippen LogP contribution >= 0.6 is 0 Å². The Labute approximate surface area is 85.4 Å². The van der Waals surface area contributed by atoms with Crippen molar-refractivity contribution in [2.45, 2.75) is 13.8 Å². The molecular formula is C12H17NO. The van der Waals surface area contributed by atoms with E-state index in [1.807, 2.05) is 31.2 Å². The number of benzene rings is 1. The monoisotopic (exact) mass is 191 g/mol. The largest absolute Gasteiger partial charge is 0.489 e. The Morgan fingerprint density at radius 3 is 2.93 bits per heavy atom. The molecular weight excluding hydrogens is 174 g/mol. The third-order valence-electron chi connectivity index (χ3n) is 1.92. The van der Waals surface area contributed by atoms with Crippen LogP contribution in [0.3, 0.4) is 0 Å². The summed E-state index contributed by atoms with van der Waals surface area (Å²) in [5.74, 6) is 0.912. The van der Waals surface area contributed by atoms with Crippen molar-refractivity contribution >= 4 is 0 Å². The van der Waals surface area contributed by atoms with Gasteiger partial charge in [-0.25, -0.2) is 0 Å². The highest BCUT2D eigenvalue weighted by Gasteiger charge is 1.94. The molecule has 1 aromatic rings. The molecule has 0 aliphatic heterocycles. The Kier molecular flexibility index (Phi) is 4.20. The molecule has 1 aromatic carbocycles. The zero-order valence-electron chi connectivity index (χ0n) is 8.79. The van der Waals surface area contributed by atoms with Crippen LogP contribution in [-0.4, -0.2) is 13.2 Å². The second kappa shape index (κ2) is 5.45. The molecule has 0 unspecified atom stereocenters. The van der Waals surface area contributed by atoms with Gasteiger partial charge in [0, 0.05) is 6.54 Å². The third-order valence-corrected chi connectivity index (χ3v) is 1.92. The zero-order valence-corrected chi connectivity index (χ0v) is 8.79. The minimum atomic E-state index is 0.572. The first-order chi connectivity index (χ1) is 6.72. The molecule has 0 atom stereocenters. The molecule has 2 nitrogen and oxygen atoms in total. The van der Waals surface area contributed by atoms with Crippen molar-refractivity contribution in [1.82, 2.24) is 0 Å². The van der Waals surface area contributed by atoms with Crippen LogP contribution < -0.4 is 10.5 Å². The number of nitrogens with two attached hydrogens (primary N) is 1. The topological polar surface area (TPSA) is 35.2 Å². The standard InChI is InChI=1S/C12H17NO/c1-10-4-3-5-12(8-10)14-9-11(2)6-7-13/h3-6,8H,7,9,13H2,1-2H3/b11-6+. The lowest BCUT2D eigenvalue weighted by Crippen LogP contribution is -2.02. The molecule has 0 aliphatic carbocycles. The summed E-state index contributed by atoms with van der Waals surface area (Å²) in [7, 11) is 0. The fourth-order valence-corrected chi connectivity index (χ4v) is 1.16. The van der Waals surface area contributed by atoms with Gasteiger partial charge in [0.25, 0.3) is 0 Å². The SMILES string of the molecule is C/C(=C\CN)COc1cccc(C)c1. The van der Waals surface area contributed by atoms with E-state index in [2.05, 4.69) is 13.0 Å². The average molecular weight is 191 g/mol. The number of hydrogen-bond acceptors (Lipinski definition) is 2. The smallest absolute Gasteiger partial charge is 0.120 e. The molecule has 0 aromatic heterocycles. The quantitative estimate of drug-likeness (QED) is 0.741. The first-order valence-corrected chi connectivity index (χ1v) is 4.77. The number of aryl methyl sites for hydroxylation is 1. The third kappa shape index (κ3) is 3.62. The van der Waals surface area contributed by atoms with E-state index < -0.39 is 0 Å². The van der Waals surface area contributed by atoms with E-state index in [0.29, 0.717) is 13.2 Å². The van der Waals surface area contributed by atoms with Crippen LogP contribution in [0, 0.1) is 6.92 Å². The number of ether oxygens (including phenoxy) is 1. The van der Waals surface area contributed by atoms with E-state index in [4.69, 9.17) is 10.5 Å². The molecule has 2 heteroatoms. The summed E-state index contributed by atoms with van der Waals surface area (Å²) >= 11 is 0. The summed E-state index contributed by atoms with van der Waals surface area (Å²) in [6, 6.07) is 8.03. The summed E-state index contributed by atoms with van der Waals surface area (Å²) in [5.41, 5.74) is 7.76. The summed E-state index contributed by atoms with van der Waals surface area (Å²) in [5, 5.41) is 0. The van der Waals surface area contributed by atoms with Crippen LogP contribution in [0.25, 0.3) is 0 Å². The van der Waals surface area contributed by atoms with Crippen LogP contribution in [0.15, 0.2) is 35.9 Å². The highest BCUT2D eigenvalue weighted by molar-refractivity contribution is 5.27. The van der Waals surface area contributed by atoms with E-state index in [-0.39, 0.29) is 0 Å². The summed E-state index contributed by atoms with van der Waals surface area (Å²) < 4.78 is 5.58. The lowest BCUT2D eigenvalue weighted by molar-refractivity contribution is 0.351. The van der Waals surface area contributed by atoms with Crippen LogP contribution in [0.2, 0.25) is 0 Å².